The van der Waals surface area contributed by atoms with Crippen LogP contribution < -0.4 is 4.74 Å². The van der Waals surface area contributed by atoms with Crippen molar-refractivity contribution < 1.29 is 18.8 Å². The van der Waals surface area contributed by atoms with Crippen molar-refractivity contribution >= 4 is 11.6 Å². The van der Waals surface area contributed by atoms with Gasteiger partial charge in [0, 0.05) is 17.0 Å². The van der Waals surface area contributed by atoms with Gasteiger partial charge >= 0.3 is 5.82 Å². The molecule has 3 aromatic rings. The number of nitrogens with zero attached hydrogens (tertiary/aromatic N) is 3. The van der Waals surface area contributed by atoms with Gasteiger partial charge in [0.1, 0.15) is 12.0 Å². The highest BCUT2D eigenvalue weighted by molar-refractivity contribution is 5.98. The van der Waals surface area contributed by atoms with Crippen LogP contribution in [-0.2, 0) is 0 Å². The van der Waals surface area contributed by atoms with E-state index in [9.17, 15) is 19.3 Å². The molecule has 0 N–H and O–H groups in total. The second-order valence-corrected chi connectivity index (χ2v) is 5.87. The Labute approximate surface area is 154 Å². The third kappa shape index (κ3) is 3.55. The molecule has 0 aliphatic carbocycles. The lowest BCUT2D eigenvalue weighted by Crippen LogP contribution is -2.13. The Bertz CT molecular complexity index is 1030. The van der Waals surface area contributed by atoms with Crippen LogP contribution in [0.25, 0.3) is 5.69 Å². The maximum atomic E-state index is 14.1. The van der Waals surface area contributed by atoms with Crippen LogP contribution in [0.5, 0.6) is 5.75 Å². The SMILES string of the molecule is Cc1cc(C(=O)COc2cccnc2[N+](=O)[O-])c(C)n1-c1ccccc1F. The van der Waals surface area contributed by atoms with Gasteiger partial charge in [-0.15, -0.1) is 0 Å². The number of carbonyl (C=O) groups excluding carboxylic acids is 1. The Morgan fingerprint density at radius 1 is 1.26 bits per heavy atom. The van der Waals surface area contributed by atoms with Crippen molar-refractivity contribution in [2.45, 2.75) is 13.8 Å². The Morgan fingerprint density at radius 2 is 2.00 bits per heavy atom. The smallest absolute Gasteiger partial charge is 0.406 e. The summed E-state index contributed by atoms with van der Waals surface area (Å²) in [5.41, 5.74) is 1.96. The number of aromatic nitrogens is 2. The van der Waals surface area contributed by atoms with Gasteiger partial charge in [-0.3, -0.25) is 4.79 Å². The van der Waals surface area contributed by atoms with E-state index in [1.165, 1.54) is 24.4 Å². The van der Waals surface area contributed by atoms with Crippen LogP contribution in [0.2, 0.25) is 0 Å². The highest BCUT2D eigenvalue weighted by atomic mass is 19.1. The van der Waals surface area contributed by atoms with Crippen LogP contribution in [0.1, 0.15) is 21.7 Å². The third-order valence-corrected chi connectivity index (χ3v) is 4.11. The van der Waals surface area contributed by atoms with Gasteiger partial charge in [0.05, 0.1) is 5.69 Å². The number of nitro groups is 1. The molecule has 2 aromatic heterocycles. The van der Waals surface area contributed by atoms with E-state index < -0.39 is 23.2 Å². The van der Waals surface area contributed by atoms with E-state index in [4.69, 9.17) is 4.74 Å². The molecule has 0 amide bonds. The highest BCUT2D eigenvalue weighted by Crippen LogP contribution is 2.25. The van der Waals surface area contributed by atoms with Gasteiger partial charge in [-0.05, 0) is 54.1 Å². The van der Waals surface area contributed by atoms with Crippen molar-refractivity contribution in [3.8, 4) is 11.4 Å². The monoisotopic (exact) mass is 369 g/mol. The average Bonchev–Trinajstić information content (AvgIpc) is 2.95. The predicted octanol–water partition coefficient (Wildman–Crippen LogP) is 3.80. The van der Waals surface area contributed by atoms with Crippen molar-refractivity contribution in [2.24, 2.45) is 0 Å². The molecular formula is C19H16FN3O4. The summed E-state index contributed by atoms with van der Waals surface area (Å²) >= 11 is 0. The van der Waals surface area contributed by atoms with Crippen LogP contribution >= 0.6 is 0 Å². The number of benzene rings is 1. The Hall–Kier alpha value is -3.55. The minimum Gasteiger partial charge on any atom is -0.477 e. The zero-order chi connectivity index (χ0) is 19.6. The third-order valence-electron chi connectivity index (χ3n) is 4.11. The number of hydrogen-bond donors (Lipinski definition) is 0. The Kier molecular flexibility index (Phi) is 4.98. The summed E-state index contributed by atoms with van der Waals surface area (Å²) in [4.78, 5) is 26.5. The topological polar surface area (TPSA) is 87.3 Å². The summed E-state index contributed by atoms with van der Waals surface area (Å²) in [6.07, 6.45) is 1.27. The lowest BCUT2D eigenvalue weighted by molar-refractivity contribution is -0.390. The Balaban J connectivity index is 1.86. The molecule has 0 saturated heterocycles. The molecule has 7 nitrogen and oxygen atoms in total. The van der Waals surface area contributed by atoms with Crippen LogP contribution in [0.15, 0.2) is 48.7 Å². The van der Waals surface area contributed by atoms with Gasteiger partial charge in [-0.25, -0.2) is 4.39 Å². The fraction of sp³-hybridized carbons (Fsp3) is 0.158. The summed E-state index contributed by atoms with van der Waals surface area (Å²) in [5, 5.41) is 11.0. The van der Waals surface area contributed by atoms with Crippen molar-refractivity contribution in [1.82, 2.24) is 9.55 Å². The first-order valence-electron chi connectivity index (χ1n) is 8.09. The second kappa shape index (κ2) is 7.36. The summed E-state index contributed by atoms with van der Waals surface area (Å²) < 4.78 is 21.1. The first kappa shape index (κ1) is 18.2. The molecule has 138 valence electrons. The van der Waals surface area contributed by atoms with E-state index >= 15 is 0 Å². The summed E-state index contributed by atoms with van der Waals surface area (Å²) in [7, 11) is 0. The van der Waals surface area contributed by atoms with E-state index in [1.807, 2.05) is 0 Å². The number of para-hydroxylation sites is 1. The molecule has 3 rings (SSSR count). The number of Topliss-reactive ketones (excluding diaryl/α,β-unsaturated/α-hetero) is 1. The molecule has 0 saturated carbocycles. The molecular weight excluding hydrogens is 353 g/mol. The van der Waals surface area contributed by atoms with E-state index in [1.54, 1.807) is 42.7 Å². The second-order valence-electron chi connectivity index (χ2n) is 5.87. The number of ether oxygens (including phenoxy) is 1. The van der Waals surface area contributed by atoms with Crippen molar-refractivity contribution in [3.63, 3.8) is 0 Å². The molecule has 0 radical (unpaired) electrons. The van der Waals surface area contributed by atoms with Crippen molar-refractivity contribution in [3.05, 3.63) is 81.5 Å². The summed E-state index contributed by atoms with van der Waals surface area (Å²) in [5.74, 6) is -1.31. The van der Waals surface area contributed by atoms with Gasteiger partial charge in [-0.2, -0.15) is 0 Å². The Morgan fingerprint density at radius 3 is 2.70 bits per heavy atom. The molecule has 0 aliphatic heterocycles. The minimum atomic E-state index is -0.677. The lowest BCUT2D eigenvalue weighted by atomic mass is 10.1. The average molecular weight is 369 g/mol. The zero-order valence-electron chi connectivity index (χ0n) is 14.7. The molecule has 0 spiro atoms. The van der Waals surface area contributed by atoms with E-state index in [0.29, 0.717) is 22.6 Å². The molecule has 0 bridgehead atoms. The molecule has 0 fully saturated rings. The maximum absolute atomic E-state index is 14.1. The van der Waals surface area contributed by atoms with E-state index in [0.717, 1.165) is 0 Å². The number of carbonyl (C=O) groups is 1. The minimum absolute atomic E-state index is 0.0845. The number of rotatable bonds is 6. The number of ketones is 1. The standard InChI is InChI=1S/C19H16FN3O4/c1-12-10-14(13(2)22(12)16-7-4-3-6-15(16)20)17(24)11-27-18-8-5-9-21-19(18)23(25)26/h3-10H,11H2,1-2H3. The molecule has 2 heterocycles. The molecule has 27 heavy (non-hydrogen) atoms. The first-order chi connectivity index (χ1) is 12.9. The van der Waals surface area contributed by atoms with Crippen LogP contribution in [0.4, 0.5) is 10.2 Å². The first-order valence-corrected chi connectivity index (χ1v) is 8.09. The van der Waals surface area contributed by atoms with Crippen LogP contribution in [-0.4, -0.2) is 26.9 Å². The lowest BCUT2D eigenvalue weighted by Gasteiger charge is -2.11. The fourth-order valence-corrected chi connectivity index (χ4v) is 2.90. The normalized spacial score (nSPS) is 10.6. The van der Waals surface area contributed by atoms with Crippen molar-refractivity contribution in [2.75, 3.05) is 6.61 Å². The van der Waals surface area contributed by atoms with Gasteiger partial charge < -0.3 is 19.4 Å². The quantitative estimate of drug-likeness (QED) is 0.375. The van der Waals surface area contributed by atoms with Gasteiger partial charge in [-0.1, -0.05) is 12.1 Å². The van der Waals surface area contributed by atoms with E-state index in [2.05, 4.69) is 4.98 Å². The molecule has 8 heteroatoms. The zero-order valence-corrected chi connectivity index (χ0v) is 14.7. The molecule has 0 atom stereocenters. The maximum Gasteiger partial charge on any atom is 0.406 e. The van der Waals surface area contributed by atoms with Gasteiger partial charge in [0.2, 0.25) is 11.5 Å². The number of hydrogen-bond acceptors (Lipinski definition) is 5. The summed E-state index contributed by atoms with van der Waals surface area (Å²) in [6, 6.07) is 10.8. The van der Waals surface area contributed by atoms with Gasteiger partial charge in [0.25, 0.3) is 0 Å². The van der Waals surface area contributed by atoms with Crippen molar-refractivity contribution in [1.29, 1.82) is 0 Å². The molecule has 1 aromatic carbocycles. The number of pyridine rings is 1. The largest absolute Gasteiger partial charge is 0.477 e. The van der Waals surface area contributed by atoms with Crippen LogP contribution in [0, 0.1) is 29.8 Å². The van der Waals surface area contributed by atoms with Gasteiger partial charge in [0.15, 0.2) is 6.61 Å². The number of aryl methyl sites for hydroxylation is 1. The molecule has 0 unspecified atom stereocenters. The van der Waals surface area contributed by atoms with E-state index in [-0.39, 0.29) is 11.5 Å². The number of halogens is 1. The molecule has 0 aliphatic rings. The predicted molar refractivity (Wildman–Crippen MR) is 95.9 cm³/mol. The van der Waals surface area contributed by atoms with Crippen LogP contribution in [0.3, 0.4) is 0 Å². The summed E-state index contributed by atoms with van der Waals surface area (Å²) in [6.45, 7) is 3.08. The highest BCUT2D eigenvalue weighted by Gasteiger charge is 2.21. The fourth-order valence-electron chi connectivity index (χ4n) is 2.90.